The summed E-state index contributed by atoms with van der Waals surface area (Å²) in [7, 11) is 0. The van der Waals surface area contributed by atoms with E-state index in [0.29, 0.717) is 11.8 Å². The van der Waals surface area contributed by atoms with Gasteiger partial charge in [-0.2, -0.15) is 0 Å². The molecule has 6 fully saturated rings. The van der Waals surface area contributed by atoms with Crippen molar-refractivity contribution in [1.82, 2.24) is 40.4 Å². The zero-order valence-electron chi connectivity index (χ0n) is 36.5. The number of carbonyl (C=O) groups is 1. The fourth-order valence-corrected chi connectivity index (χ4v) is 12.3. The Kier molecular flexibility index (Phi) is 17.0. The summed E-state index contributed by atoms with van der Waals surface area (Å²) in [6.07, 6.45) is 19.4. The molecule has 1 N–H and O–H groups in total. The van der Waals surface area contributed by atoms with Crippen molar-refractivity contribution in [3.63, 3.8) is 0 Å². The summed E-state index contributed by atoms with van der Waals surface area (Å²) in [6.45, 7) is 15.4. The Bertz CT molecular complexity index is 1830. The van der Waals surface area contributed by atoms with E-state index < -0.39 is 0 Å². The van der Waals surface area contributed by atoms with Gasteiger partial charge in [0.1, 0.15) is 16.3 Å². The third-order valence-corrected chi connectivity index (χ3v) is 16.1. The number of nitrogens with one attached hydrogen (secondary N) is 1. The first-order valence-corrected chi connectivity index (χ1v) is 25.4. The molecule has 6 aliphatic rings. The van der Waals surface area contributed by atoms with Gasteiger partial charge in [0.25, 0.3) is 0 Å². The molecule has 0 saturated carbocycles. The molecule has 330 valence electrons. The number of aldehydes is 1. The number of benzene rings is 2. The molecule has 11 nitrogen and oxygen atoms in total. The molecular formula is C48H70N10OS2. The number of hydrogen-bond acceptors (Lipinski definition) is 13. The second-order valence-electron chi connectivity index (χ2n) is 18.1. The van der Waals surface area contributed by atoms with Crippen LogP contribution in [0.5, 0.6) is 0 Å². The van der Waals surface area contributed by atoms with Crippen LogP contribution < -0.4 is 15.1 Å². The monoisotopic (exact) mass is 867 g/mol. The molecule has 10 rings (SSSR count). The van der Waals surface area contributed by atoms with E-state index >= 15 is 0 Å². The topological polar surface area (TPSA) is 96.9 Å². The number of rotatable bonds is 9. The van der Waals surface area contributed by atoms with E-state index in [9.17, 15) is 4.79 Å². The van der Waals surface area contributed by atoms with Gasteiger partial charge in [-0.15, -0.1) is 20.4 Å². The van der Waals surface area contributed by atoms with E-state index in [0.717, 1.165) is 86.6 Å². The van der Waals surface area contributed by atoms with Crippen molar-refractivity contribution in [2.45, 2.75) is 120 Å². The second kappa shape index (κ2) is 23.4. The van der Waals surface area contributed by atoms with Crippen molar-refractivity contribution in [2.75, 3.05) is 88.3 Å². The minimum Gasteiger partial charge on any atom is -0.347 e. The maximum absolute atomic E-state index is 10.0. The Labute approximate surface area is 373 Å². The van der Waals surface area contributed by atoms with Gasteiger partial charge in [-0.3, -0.25) is 9.69 Å². The fraction of sp³-hybridized carbons (Fsp3) is 0.646. The maximum atomic E-state index is 10.0. The highest BCUT2D eigenvalue weighted by Gasteiger charge is 2.30. The number of hydrogen-bond donors (Lipinski definition) is 1. The van der Waals surface area contributed by atoms with Crippen LogP contribution in [0.15, 0.2) is 60.7 Å². The van der Waals surface area contributed by atoms with Crippen molar-refractivity contribution in [1.29, 1.82) is 0 Å². The van der Waals surface area contributed by atoms with Crippen LogP contribution in [0.2, 0.25) is 0 Å². The number of likely N-dealkylation sites (tertiary alicyclic amines) is 3. The highest BCUT2D eigenvalue weighted by atomic mass is 32.1. The SMILES string of the molecule is C1CCN(C2CCN(c3nnc([C@H]4CCCNC4)s3)CC2)CC1.O=Cc1ccccc1.c1ccc(CN2CCC[C@H](c3nnc(N4CCC(N5CCCCC5)CC4)s3)C2)cc1. The molecule has 2 atom stereocenters. The highest BCUT2D eigenvalue weighted by molar-refractivity contribution is 7.15. The van der Waals surface area contributed by atoms with E-state index in [1.54, 1.807) is 12.1 Å². The van der Waals surface area contributed by atoms with Gasteiger partial charge in [0.05, 0.1) is 0 Å². The van der Waals surface area contributed by atoms with Crippen LogP contribution in [0, 0.1) is 0 Å². The second-order valence-corrected chi connectivity index (χ2v) is 20.1. The quantitative estimate of drug-likeness (QED) is 0.165. The third-order valence-electron chi connectivity index (χ3n) is 13.8. The summed E-state index contributed by atoms with van der Waals surface area (Å²) >= 11 is 3.69. The molecule has 4 aromatic rings. The molecule has 0 unspecified atom stereocenters. The minimum absolute atomic E-state index is 0.541. The van der Waals surface area contributed by atoms with Gasteiger partial charge in [0.15, 0.2) is 0 Å². The number of piperidine rings is 6. The first kappa shape index (κ1) is 44.3. The highest BCUT2D eigenvalue weighted by Crippen LogP contribution is 2.35. The van der Waals surface area contributed by atoms with E-state index in [4.69, 9.17) is 0 Å². The van der Waals surface area contributed by atoms with Crippen molar-refractivity contribution in [3.8, 4) is 0 Å². The number of aromatic nitrogens is 4. The van der Waals surface area contributed by atoms with E-state index in [2.05, 4.69) is 80.5 Å². The van der Waals surface area contributed by atoms with Crippen LogP contribution in [0.3, 0.4) is 0 Å². The number of carbonyl (C=O) groups excluding carboxylic acids is 1. The minimum atomic E-state index is 0.541. The Morgan fingerprint density at radius 3 is 1.59 bits per heavy atom. The van der Waals surface area contributed by atoms with Crippen molar-refractivity contribution in [3.05, 3.63) is 81.8 Å². The molecule has 8 heterocycles. The lowest BCUT2D eigenvalue weighted by atomic mass is 9.98. The molecule has 61 heavy (non-hydrogen) atoms. The van der Waals surface area contributed by atoms with Gasteiger partial charge in [-0.1, -0.05) is 96.2 Å². The zero-order chi connectivity index (χ0) is 41.5. The first-order chi connectivity index (χ1) is 30.2. The van der Waals surface area contributed by atoms with Crippen LogP contribution in [-0.2, 0) is 6.54 Å². The van der Waals surface area contributed by atoms with Gasteiger partial charge in [0, 0.05) is 75.3 Å². The van der Waals surface area contributed by atoms with Gasteiger partial charge in [-0.05, 0) is 122 Å². The lowest BCUT2D eigenvalue weighted by Crippen LogP contribution is -2.46. The number of anilines is 2. The Balaban J connectivity index is 0.000000146. The summed E-state index contributed by atoms with van der Waals surface area (Å²) in [5.74, 6) is 1.13. The van der Waals surface area contributed by atoms with Crippen LogP contribution in [0.1, 0.15) is 128 Å². The Morgan fingerprint density at radius 2 is 1.08 bits per heavy atom. The van der Waals surface area contributed by atoms with Gasteiger partial charge in [-0.25, -0.2) is 0 Å². The van der Waals surface area contributed by atoms with E-state index in [-0.39, 0.29) is 0 Å². The normalized spacial score (nSPS) is 24.0. The maximum Gasteiger partial charge on any atom is 0.208 e. The summed E-state index contributed by atoms with van der Waals surface area (Å²) in [6, 6.07) is 21.5. The lowest BCUT2D eigenvalue weighted by Gasteiger charge is -2.40. The summed E-state index contributed by atoms with van der Waals surface area (Å²) < 4.78 is 0. The summed E-state index contributed by atoms with van der Waals surface area (Å²) in [5, 5.41) is 26.6. The van der Waals surface area contributed by atoms with E-state index in [1.165, 1.54) is 138 Å². The molecule has 13 heteroatoms. The van der Waals surface area contributed by atoms with Crippen molar-refractivity contribution < 1.29 is 4.79 Å². The van der Waals surface area contributed by atoms with E-state index in [1.807, 2.05) is 40.9 Å². The molecule has 0 amide bonds. The predicted octanol–water partition coefficient (Wildman–Crippen LogP) is 8.33. The molecule has 0 radical (unpaired) electrons. The first-order valence-electron chi connectivity index (χ1n) is 23.8. The molecule has 2 aromatic carbocycles. The third kappa shape index (κ3) is 12.9. The van der Waals surface area contributed by atoms with Crippen LogP contribution >= 0.6 is 22.7 Å². The predicted molar refractivity (Wildman–Crippen MR) is 252 cm³/mol. The van der Waals surface area contributed by atoms with Gasteiger partial charge >= 0.3 is 0 Å². The molecule has 0 aliphatic carbocycles. The molecule has 0 spiro atoms. The smallest absolute Gasteiger partial charge is 0.208 e. The Morgan fingerprint density at radius 1 is 0.557 bits per heavy atom. The molecule has 0 bridgehead atoms. The zero-order valence-corrected chi connectivity index (χ0v) is 38.1. The molecule has 2 aromatic heterocycles. The van der Waals surface area contributed by atoms with Crippen LogP contribution in [0.4, 0.5) is 10.3 Å². The van der Waals surface area contributed by atoms with Crippen LogP contribution in [-0.4, -0.2) is 132 Å². The summed E-state index contributed by atoms with van der Waals surface area (Å²) in [4.78, 5) is 23.0. The molecular weight excluding hydrogens is 797 g/mol. The van der Waals surface area contributed by atoms with Gasteiger partial charge < -0.3 is 24.9 Å². The van der Waals surface area contributed by atoms with Gasteiger partial charge in [0.2, 0.25) is 10.3 Å². The van der Waals surface area contributed by atoms with Crippen LogP contribution in [0.25, 0.3) is 0 Å². The molecule has 6 aliphatic heterocycles. The fourth-order valence-electron chi connectivity index (χ4n) is 10.3. The lowest BCUT2D eigenvalue weighted by molar-refractivity contribution is 0.112. The van der Waals surface area contributed by atoms with Crippen molar-refractivity contribution in [2.24, 2.45) is 0 Å². The molecule has 6 saturated heterocycles. The average molecular weight is 867 g/mol. The Hall–Kier alpha value is -3.33. The standard InChI is InChI=1S/C24H35N5S.C17H29N5S.C7H6O/c1-3-8-20(9-4-1)18-27-13-7-10-21(19-27)23-25-26-24(30-23)29-16-11-22(12-17-29)28-14-5-2-6-15-28;1-2-9-21(10-3-1)15-6-11-22(12-7-15)17-20-19-16(23-17)14-5-4-8-18-13-14;8-6-7-4-2-1-3-5-7/h1,3-4,8-9,21-22H,2,5-7,10-19H2;14-15,18H,1-13H2;1-6H/t21-;14-;/m00./s1. The van der Waals surface area contributed by atoms with Crippen molar-refractivity contribution >= 4 is 39.2 Å². The summed E-state index contributed by atoms with van der Waals surface area (Å²) in [5.41, 5.74) is 2.14. The largest absolute Gasteiger partial charge is 0.347 e. The number of nitrogens with zero attached hydrogens (tertiary/aromatic N) is 9. The average Bonchev–Trinajstić information content (AvgIpc) is 4.06.